The lowest BCUT2D eigenvalue weighted by molar-refractivity contribution is -0.384. The minimum absolute atomic E-state index is 0.0131. The highest BCUT2D eigenvalue weighted by molar-refractivity contribution is 9.10. The van der Waals surface area contributed by atoms with Gasteiger partial charge in [0.2, 0.25) is 14.9 Å². The van der Waals surface area contributed by atoms with Gasteiger partial charge in [-0.3, -0.25) is 14.9 Å². The number of anilines is 1. The molecule has 0 unspecified atom stereocenters. The zero-order chi connectivity index (χ0) is 20.5. The van der Waals surface area contributed by atoms with Gasteiger partial charge < -0.3 is 9.73 Å². The Labute approximate surface area is 172 Å². The number of benzene rings is 2. The second-order valence-electron chi connectivity index (χ2n) is 5.45. The van der Waals surface area contributed by atoms with Crippen molar-refractivity contribution in [2.45, 2.75) is 9.99 Å². The zero-order valence-corrected chi connectivity index (χ0v) is 16.9. The lowest BCUT2D eigenvalue weighted by atomic mass is 10.2. The average Bonchev–Trinajstić information content (AvgIpc) is 3.13. The molecule has 0 bridgehead atoms. The third-order valence-corrected chi connectivity index (χ3v) is 6.07. The van der Waals surface area contributed by atoms with Crippen molar-refractivity contribution >= 4 is 54.7 Å². The van der Waals surface area contributed by atoms with Gasteiger partial charge in [0.1, 0.15) is 5.02 Å². The van der Waals surface area contributed by atoms with Crippen molar-refractivity contribution < 1.29 is 22.6 Å². The number of nitrogens with one attached hydrogen (secondary N) is 1. The van der Waals surface area contributed by atoms with Crippen LogP contribution in [0.3, 0.4) is 0 Å². The minimum Gasteiger partial charge on any atom is -0.439 e. The maximum Gasteiger partial charge on any atom is 0.291 e. The highest BCUT2D eigenvalue weighted by Gasteiger charge is 2.24. The number of sulfone groups is 1. The molecule has 0 spiro atoms. The number of amides is 1. The van der Waals surface area contributed by atoms with Crippen LogP contribution in [0.15, 0.2) is 73.5 Å². The summed E-state index contributed by atoms with van der Waals surface area (Å²) in [5.74, 6) is -0.979. The second kappa shape index (κ2) is 7.74. The first-order valence-electron chi connectivity index (χ1n) is 7.54. The van der Waals surface area contributed by atoms with Crippen molar-refractivity contribution in [3.8, 4) is 0 Å². The summed E-state index contributed by atoms with van der Waals surface area (Å²) in [5, 5.41) is 12.7. The first-order valence-corrected chi connectivity index (χ1v) is 10.2. The van der Waals surface area contributed by atoms with Crippen molar-refractivity contribution in [2.24, 2.45) is 0 Å². The number of carbonyl (C=O) groups excluding carboxylic acids is 1. The van der Waals surface area contributed by atoms with Crippen molar-refractivity contribution in [1.29, 1.82) is 0 Å². The average molecular weight is 486 g/mol. The summed E-state index contributed by atoms with van der Waals surface area (Å²) < 4.78 is 31.0. The van der Waals surface area contributed by atoms with E-state index in [0.29, 0.717) is 4.47 Å². The summed E-state index contributed by atoms with van der Waals surface area (Å²) in [6.07, 6.45) is 0. The summed E-state index contributed by atoms with van der Waals surface area (Å²) in [5.41, 5.74) is -0.116. The molecule has 1 N–H and O–H groups in total. The van der Waals surface area contributed by atoms with E-state index in [2.05, 4.69) is 21.2 Å². The van der Waals surface area contributed by atoms with Crippen molar-refractivity contribution in [3.05, 3.63) is 80.0 Å². The lowest BCUT2D eigenvalue weighted by Crippen LogP contribution is -2.11. The summed E-state index contributed by atoms with van der Waals surface area (Å²) in [7, 11) is -3.93. The van der Waals surface area contributed by atoms with Gasteiger partial charge in [-0.25, -0.2) is 8.42 Å². The highest BCUT2D eigenvalue weighted by Crippen LogP contribution is 2.28. The van der Waals surface area contributed by atoms with Crippen LogP contribution in [0.5, 0.6) is 0 Å². The number of furan rings is 1. The highest BCUT2D eigenvalue weighted by atomic mass is 79.9. The molecule has 2 aromatic carbocycles. The Hall–Kier alpha value is -2.69. The quantitative estimate of drug-likeness (QED) is 0.413. The van der Waals surface area contributed by atoms with Gasteiger partial charge in [-0.2, -0.15) is 0 Å². The fourth-order valence-electron chi connectivity index (χ4n) is 2.24. The van der Waals surface area contributed by atoms with Gasteiger partial charge in [0.25, 0.3) is 11.6 Å². The Balaban J connectivity index is 1.82. The molecule has 1 amide bonds. The van der Waals surface area contributed by atoms with Crippen LogP contribution in [0, 0.1) is 10.1 Å². The molecule has 0 aliphatic rings. The Morgan fingerprint density at radius 2 is 1.79 bits per heavy atom. The Kier molecular flexibility index (Phi) is 5.54. The molecule has 0 aliphatic carbocycles. The molecular formula is C17H10BrClN2O6S. The van der Waals surface area contributed by atoms with E-state index < -0.39 is 20.7 Å². The molecule has 3 rings (SSSR count). The molecule has 0 fully saturated rings. The molecule has 8 nitrogen and oxygen atoms in total. The van der Waals surface area contributed by atoms with Crippen molar-refractivity contribution in [1.82, 2.24) is 0 Å². The molecule has 0 radical (unpaired) electrons. The van der Waals surface area contributed by atoms with Crippen LogP contribution >= 0.6 is 27.5 Å². The van der Waals surface area contributed by atoms with E-state index in [1.165, 1.54) is 36.4 Å². The summed E-state index contributed by atoms with van der Waals surface area (Å²) in [6.45, 7) is 0. The molecule has 3 aromatic rings. The first kappa shape index (κ1) is 20.1. The SMILES string of the molecule is O=C(Nc1ccc([N+](=O)[O-])c(Cl)c1)c1ccc(S(=O)(=O)c2ccc(Br)cc2)o1. The number of halogens is 2. The third kappa shape index (κ3) is 4.08. The topological polar surface area (TPSA) is 120 Å². The molecule has 1 heterocycles. The van der Waals surface area contributed by atoms with E-state index in [1.807, 2.05) is 0 Å². The van der Waals surface area contributed by atoms with Crippen LogP contribution in [-0.4, -0.2) is 19.2 Å². The first-order chi connectivity index (χ1) is 13.2. The second-order valence-corrected chi connectivity index (χ2v) is 8.66. The normalized spacial score (nSPS) is 11.2. The van der Waals surface area contributed by atoms with Crippen molar-refractivity contribution in [2.75, 3.05) is 5.32 Å². The smallest absolute Gasteiger partial charge is 0.291 e. The molecule has 0 aliphatic heterocycles. The van der Waals surface area contributed by atoms with Crippen LogP contribution in [0.25, 0.3) is 0 Å². The van der Waals surface area contributed by atoms with Gasteiger partial charge in [0, 0.05) is 16.2 Å². The monoisotopic (exact) mass is 484 g/mol. The van der Waals surface area contributed by atoms with Crippen LogP contribution in [-0.2, 0) is 9.84 Å². The predicted molar refractivity (Wildman–Crippen MR) is 104 cm³/mol. The number of nitro benzene ring substituents is 1. The van der Waals surface area contributed by atoms with Gasteiger partial charge in [-0.15, -0.1) is 0 Å². The fourth-order valence-corrected chi connectivity index (χ4v) is 3.93. The zero-order valence-electron chi connectivity index (χ0n) is 13.8. The molecule has 11 heteroatoms. The van der Waals surface area contributed by atoms with Gasteiger partial charge in [-0.05, 0) is 48.5 Å². The van der Waals surface area contributed by atoms with Gasteiger partial charge in [0.15, 0.2) is 5.76 Å². The number of nitrogens with zero attached hydrogens (tertiary/aromatic N) is 1. The predicted octanol–water partition coefficient (Wildman–Crippen LogP) is 4.69. The van der Waals surface area contributed by atoms with Crippen LogP contribution in [0.4, 0.5) is 11.4 Å². The van der Waals surface area contributed by atoms with E-state index in [9.17, 15) is 23.3 Å². The largest absolute Gasteiger partial charge is 0.439 e. The number of nitro groups is 1. The number of hydrogen-bond donors (Lipinski definition) is 1. The Morgan fingerprint density at radius 1 is 1.11 bits per heavy atom. The standard InChI is InChI=1S/C17H10BrClN2O6S/c18-10-1-4-12(5-2-10)28(25,26)16-8-7-15(27-16)17(22)20-11-3-6-14(21(23)24)13(19)9-11/h1-9H,(H,20,22). The lowest BCUT2D eigenvalue weighted by Gasteiger charge is -2.04. The molecule has 0 saturated heterocycles. The summed E-state index contributed by atoms with van der Waals surface area (Å²) in [6, 6.07) is 12.0. The van der Waals surface area contributed by atoms with E-state index in [-0.39, 0.29) is 32.1 Å². The molecular weight excluding hydrogens is 476 g/mol. The Morgan fingerprint density at radius 3 is 2.39 bits per heavy atom. The van der Waals surface area contributed by atoms with Gasteiger partial charge in [0.05, 0.1) is 9.82 Å². The van der Waals surface area contributed by atoms with E-state index in [4.69, 9.17) is 16.0 Å². The number of carbonyl (C=O) groups is 1. The molecule has 0 atom stereocenters. The van der Waals surface area contributed by atoms with Gasteiger partial charge in [-0.1, -0.05) is 27.5 Å². The maximum absolute atomic E-state index is 12.6. The van der Waals surface area contributed by atoms with Crippen molar-refractivity contribution in [3.63, 3.8) is 0 Å². The molecule has 144 valence electrons. The third-order valence-electron chi connectivity index (χ3n) is 3.60. The summed E-state index contributed by atoms with van der Waals surface area (Å²) in [4.78, 5) is 22.4. The molecule has 28 heavy (non-hydrogen) atoms. The van der Waals surface area contributed by atoms with Crippen LogP contribution in [0.1, 0.15) is 10.6 Å². The Bertz CT molecular complexity index is 1170. The fraction of sp³-hybridized carbons (Fsp3) is 0. The van der Waals surface area contributed by atoms with E-state index >= 15 is 0 Å². The van der Waals surface area contributed by atoms with Crippen LogP contribution < -0.4 is 5.32 Å². The molecule has 0 saturated carbocycles. The van der Waals surface area contributed by atoms with Crippen LogP contribution in [0.2, 0.25) is 5.02 Å². The minimum atomic E-state index is -3.93. The number of hydrogen-bond acceptors (Lipinski definition) is 6. The molecule has 1 aromatic heterocycles. The van der Waals surface area contributed by atoms with Gasteiger partial charge >= 0.3 is 0 Å². The maximum atomic E-state index is 12.6. The van der Waals surface area contributed by atoms with E-state index in [0.717, 1.165) is 6.07 Å². The summed E-state index contributed by atoms with van der Waals surface area (Å²) >= 11 is 9.02. The van der Waals surface area contributed by atoms with E-state index in [1.54, 1.807) is 12.1 Å². The number of rotatable bonds is 5.